The second-order valence-corrected chi connectivity index (χ2v) is 5.16. The van der Waals surface area contributed by atoms with Crippen molar-refractivity contribution in [1.82, 2.24) is 0 Å². The average Bonchev–Trinajstić information content (AvgIpc) is 2.53. The summed E-state index contributed by atoms with van der Waals surface area (Å²) in [6.07, 6.45) is 0. The Morgan fingerprint density at radius 2 is 1.35 bits per heavy atom. The minimum Gasteiger partial charge on any atom is -0.460 e. The van der Waals surface area contributed by atoms with Crippen LogP contribution in [-0.4, -0.2) is 38.2 Å². The maximum Gasteiger partial charge on any atom is 0.333 e. The molecule has 1 rings (SSSR count). The number of hydrogen-bond acceptors (Lipinski definition) is 5. The summed E-state index contributed by atoms with van der Waals surface area (Å²) in [5, 5.41) is 0. The number of hydrogen-bond donors (Lipinski definition) is 0. The van der Waals surface area contributed by atoms with Crippen molar-refractivity contribution in [2.75, 3.05) is 31.2 Å². The first-order chi connectivity index (χ1) is 10.9. The van der Waals surface area contributed by atoms with E-state index in [0.29, 0.717) is 24.2 Å². The number of benzene rings is 1. The van der Waals surface area contributed by atoms with Crippen molar-refractivity contribution in [2.24, 2.45) is 0 Å². The van der Waals surface area contributed by atoms with Crippen molar-refractivity contribution in [1.29, 1.82) is 0 Å². The molecule has 23 heavy (non-hydrogen) atoms. The summed E-state index contributed by atoms with van der Waals surface area (Å²) < 4.78 is 10.2. The number of carbonyl (C=O) groups excluding carboxylic acids is 2. The molecule has 5 nitrogen and oxygen atoms in total. The molecular weight excluding hydrogens is 294 g/mol. The van der Waals surface area contributed by atoms with Crippen LogP contribution in [0.1, 0.15) is 13.8 Å². The zero-order valence-electron chi connectivity index (χ0n) is 13.7. The molecule has 1 aromatic rings. The van der Waals surface area contributed by atoms with E-state index in [1.54, 1.807) is 13.8 Å². The van der Waals surface area contributed by atoms with Gasteiger partial charge >= 0.3 is 11.9 Å². The zero-order valence-corrected chi connectivity index (χ0v) is 13.7. The van der Waals surface area contributed by atoms with Crippen LogP contribution < -0.4 is 4.90 Å². The van der Waals surface area contributed by atoms with Crippen LogP contribution in [0.3, 0.4) is 0 Å². The lowest BCUT2D eigenvalue weighted by Crippen LogP contribution is -2.32. The van der Waals surface area contributed by atoms with Crippen LogP contribution in [0, 0.1) is 0 Å². The van der Waals surface area contributed by atoms with Gasteiger partial charge in [0.25, 0.3) is 0 Å². The average molecular weight is 317 g/mol. The molecule has 0 aliphatic rings. The molecule has 0 bridgehead atoms. The van der Waals surface area contributed by atoms with Crippen LogP contribution >= 0.6 is 0 Å². The van der Waals surface area contributed by atoms with E-state index >= 15 is 0 Å². The summed E-state index contributed by atoms with van der Waals surface area (Å²) in [5.41, 5.74) is 1.70. The molecule has 0 N–H and O–H groups in total. The Hall–Kier alpha value is -2.56. The molecule has 0 saturated heterocycles. The van der Waals surface area contributed by atoms with Crippen molar-refractivity contribution in [2.45, 2.75) is 13.8 Å². The van der Waals surface area contributed by atoms with E-state index in [1.807, 2.05) is 35.2 Å². The van der Waals surface area contributed by atoms with E-state index in [2.05, 4.69) is 13.2 Å². The number of para-hydroxylation sites is 1. The maximum absolute atomic E-state index is 11.4. The highest BCUT2D eigenvalue weighted by Gasteiger charge is 2.10. The second kappa shape index (κ2) is 9.46. The molecule has 0 heterocycles. The molecule has 0 spiro atoms. The number of carbonyl (C=O) groups is 2. The Morgan fingerprint density at radius 1 is 0.913 bits per heavy atom. The molecule has 0 radical (unpaired) electrons. The molecule has 0 amide bonds. The fourth-order valence-electron chi connectivity index (χ4n) is 1.75. The predicted octanol–water partition coefficient (Wildman–Crippen LogP) is 2.73. The van der Waals surface area contributed by atoms with Crippen LogP contribution in [0.15, 0.2) is 54.6 Å². The van der Waals surface area contributed by atoms with E-state index < -0.39 is 11.9 Å². The molecular formula is C18H23NO4. The Bertz CT molecular complexity index is 534. The highest BCUT2D eigenvalue weighted by atomic mass is 16.5. The standard InChI is InChI=1S/C18H23NO4/c1-14(2)17(20)22-12-10-19(16-8-6-5-7-9-16)11-13-23-18(21)15(3)4/h5-9H,1,3,10-13H2,2,4H3. The van der Waals surface area contributed by atoms with E-state index in [4.69, 9.17) is 9.47 Å². The molecule has 5 heteroatoms. The van der Waals surface area contributed by atoms with Gasteiger partial charge in [0.15, 0.2) is 0 Å². The van der Waals surface area contributed by atoms with Gasteiger partial charge in [-0.2, -0.15) is 0 Å². The summed E-state index contributed by atoms with van der Waals surface area (Å²) in [7, 11) is 0. The van der Waals surface area contributed by atoms with Gasteiger partial charge in [0.1, 0.15) is 13.2 Å². The molecule has 0 aliphatic carbocycles. The Kier molecular flexibility index (Phi) is 7.60. The highest BCUT2D eigenvalue weighted by Crippen LogP contribution is 2.12. The third kappa shape index (κ3) is 6.82. The Labute approximate surface area is 137 Å². The summed E-state index contributed by atoms with van der Waals surface area (Å²) in [4.78, 5) is 24.8. The normalized spacial score (nSPS) is 9.83. The smallest absolute Gasteiger partial charge is 0.333 e. The number of anilines is 1. The van der Waals surface area contributed by atoms with Crippen molar-refractivity contribution in [3.63, 3.8) is 0 Å². The Morgan fingerprint density at radius 3 is 1.74 bits per heavy atom. The molecule has 0 aromatic heterocycles. The lowest BCUT2D eigenvalue weighted by atomic mass is 10.3. The number of nitrogens with zero attached hydrogens (tertiary/aromatic N) is 1. The first-order valence-electron chi connectivity index (χ1n) is 7.37. The molecule has 0 unspecified atom stereocenters. The van der Waals surface area contributed by atoms with Gasteiger partial charge in [0, 0.05) is 16.8 Å². The van der Waals surface area contributed by atoms with Crippen molar-refractivity contribution < 1.29 is 19.1 Å². The van der Waals surface area contributed by atoms with Gasteiger partial charge in [0.05, 0.1) is 13.1 Å². The predicted molar refractivity (Wildman–Crippen MR) is 90.2 cm³/mol. The van der Waals surface area contributed by atoms with Gasteiger partial charge < -0.3 is 14.4 Å². The summed E-state index contributed by atoms with van der Waals surface area (Å²) >= 11 is 0. The Balaban J connectivity index is 2.56. The molecule has 0 atom stereocenters. The molecule has 1 aromatic carbocycles. The largest absolute Gasteiger partial charge is 0.460 e. The van der Waals surface area contributed by atoms with Gasteiger partial charge in [0.2, 0.25) is 0 Å². The number of rotatable bonds is 9. The van der Waals surface area contributed by atoms with Gasteiger partial charge in [-0.15, -0.1) is 0 Å². The van der Waals surface area contributed by atoms with Crippen LogP contribution in [0.5, 0.6) is 0 Å². The molecule has 124 valence electrons. The topological polar surface area (TPSA) is 55.8 Å². The number of ether oxygens (including phenoxy) is 2. The summed E-state index contributed by atoms with van der Waals surface area (Å²) in [6, 6.07) is 9.65. The maximum atomic E-state index is 11.4. The third-order valence-corrected chi connectivity index (χ3v) is 3.01. The van der Waals surface area contributed by atoms with Crippen molar-refractivity contribution in [3.05, 3.63) is 54.6 Å². The summed E-state index contributed by atoms with van der Waals surface area (Å²) in [6.45, 7) is 11.7. The van der Waals surface area contributed by atoms with Gasteiger partial charge in [-0.05, 0) is 26.0 Å². The van der Waals surface area contributed by atoms with E-state index in [1.165, 1.54) is 0 Å². The zero-order chi connectivity index (χ0) is 17.2. The van der Waals surface area contributed by atoms with Gasteiger partial charge in [-0.25, -0.2) is 9.59 Å². The third-order valence-electron chi connectivity index (χ3n) is 3.01. The monoisotopic (exact) mass is 317 g/mol. The van der Waals surface area contributed by atoms with E-state index in [9.17, 15) is 9.59 Å². The first-order valence-corrected chi connectivity index (χ1v) is 7.37. The van der Waals surface area contributed by atoms with E-state index in [0.717, 1.165) is 5.69 Å². The lowest BCUT2D eigenvalue weighted by Gasteiger charge is -2.24. The van der Waals surface area contributed by atoms with Crippen molar-refractivity contribution in [3.8, 4) is 0 Å². The van der Waals surface area contributed by atoms with Gasteiger partial charge in [-0.1, -0.05) is 31.4 Å². The minimum atomic E-state index is -0.410. The van der Waals surface area contributed by atoms with Crippen LogP contribution in [0.25, 0.3) is 0 Å². The quantitative estimate of drug-likeness (QED) is 0.518. The second-order valence-electron chi connectivity index (χ2n) is 5.16. The molecule has 0 saturated carbocycles. The van der Waals surface area contributed by atoms with Crippen molar-refractivity contribution >= 4 is 17.6 Å². The fourth-order valence-corrected chi connectivity index (χ4v) is 1.75. The molecule has 0 aliphatic heterocycles. The summed E-state index contributed by atoms with van der Waals surface area (Å²) in [5.74, 6) is -0.821. The van der Waals surface area contributed by atoms with Gasteiger partial charge in [-0.3, -0.25) is 0 Å². The highest BCUT2D eigenvalue weighted by molar-refractivity contribution is 5.87. The minimum absolute atomic E-state index is 0.231. The molecule has 0 fully saturated rings. The van der Waals surface area contributed by atoms with E-state index in [-0.39, 0.29) is 13.2 Å². The van der Waals surface area contributed by atoms with Crippen LogP contribution in [-0.2, 0) is 19.1 Å². The van der Waals surface area contributed by atoms with Crippen LogP contribution in [0.4, 0.5) is 5.69 Å². The number of esters is 2. The lowest BCUT2D eigenvalue weighted by molar-refractivity contribution is -0.139. The first kappa shape index (κ1) is 18.5. The van der Waals surface area contributed by atoms with Crippen LogP contribution in [0.2, 0.25) is 0 Å². The SMILES string of the molecule is C=C(C)C(=O)OCCN(CCOC(=O)C(=C)C)c1ccccc1. The fraction of sp³-hybridized carbons (Fsp3) is 0.333.